The van der Waals surface area contributed by atoms with Crippen molar-refractivity contribution in [1.82, 2.24) is 19.7 Å². The van der Waals surface area contributed by atoms with Crippen LogP contribution >= 0.6 is 22.9 Å². The zero-order chi connectivity index (χ0) is 20.2. The fourth-order valence-electron chi connectivity index (χ4n) is 2.57. The summed E-state index contributed by atoms with van der Waals surface area (Å²) in [5.74, 6) is 0.252. The number of anilines is 1. The predicted octanol–water partition coefficient (Wildman–Crippen LogP) is 4.37. The van der Waals surface area contributed by atoms with E-state index >= 15 is 0 Å². The minimum Gasteiger partial charge on any atom is -0.484 e. The normalized spacial score (nSPS) is 10.7. The maximum Gasteiger partial charge on any atom is 0.264 e. The standard InChI is InChI=1S/C20H16ClN5O2S/c1-13-2-4-14(5-3-13)18-19(26-12-22-11-23-26)29-20(25-18)24-17(27)10-28-16-8-6-15(21)7-9-16/h2-9,11-12H,10H2,1H3,(H,24,25,27). The second-order valence-corrected chi connectivity index (χ2v) is 7.58. The lowest BCUT2D eigenvalue weighted by molar-refractivity contribution is -0.118. The number of ether oxygens (including phenoxy) is 1. The molecule has 0 aliphatic rings. The molecular formula is C20H16ClN5O2S. The maximum absolute atomic E-state index is 12.3. The molecule has 7 nitrogen and oxygen atoms in total. The van der Waals surface area contributed by atoms with Gasteiger partial charge in [0.2, 0.25) is 0 Å². The highest BCUT2D eigenvalue weighted by molar-refractivity contribution is 7.18. The van der Waals surface area contributed by atoms with Crippen molar-refractivity contribution >= 4 is 34.0 Å². The summed E-state index contributed by atoms with van der Waals surface area (Å²) < 4.78 is 7.11. The van der Waals surface area contributed by atoms with Crippen molar-refractivity contribution in [2.45, 2.75) is 6.92 Å². The van der Waals surface area contributed by atoms with Gasteiger partial charge in [0.25, 0.3) is 5.91 Å². The summed E-state index contributed by atoms with van der Waals surface area (Å²) in [6.45, 7) is 1.88. The van der Waals surface area contributed by atoms with E-state index in [9.17, 15) is 4.79 Å². The Hall–Kier alpha value is -3.23. The van der Waals surface area contributed by atoms with E-state index in [1.165, 1.54) is 17.7 Å². The SMILES string of the molecule is Cc1ccc(-c2nc(NC(=O)COc3ccc(Cl)cc3)sc2-n2cncn2)cc1. The third-order valence-electron chi connectivity index (χ3n) is 3.99. The lowest BCUT2D eigenvalue weighted by Gasteiger charge is -2.05. The molecule has 2 aromatic heterocycles. The first kappa shape index (κ1) is 19.1. The summed E-state index contributed by atoms with van der Waals surface area (Å²) in [4.78, 5) is 20.9. The smallest absolute Gasteiger partial charge is 0.264 e. The van der Waals surface area contributed by atoms with Crippen LogP contribution in [0.25, 0.3) is 16.3 Å². The van der Waals surface area contributed by atoms with Gasteiger partial charge >= 0.3 is 0 Å². The molecule has 0 saturated heterocycles. The van der Waals surface area contributed by atoms with E-state index in [1.54, 1.807) is 35.3 Å². The molecule has 0 aliphatic heterocycles. The second-order valence-electron chi connectivity index (χ2n) is 6.17. The van der Waals surface area contributed by atoms with Gasteiger partial charge in [-0.25, -0.2) is 14.6 Å². The lowest BCUT2D eigenvalue weighted by atomic mass is 10.1. The van der Waals surface area contributed by atoms with Crippen LogP contribution in [0, 0.1) is 6.92 Å². The van der Waals surface area contributed by atoms with Crippen molar-refractivity contribution in [2.75, 3.05) is 11.9 Å². The lowest BCUT2D eigenvalue weighted by Crippen LogP contribution is -2.20. The summed E-state index contributed by atoms with van der Waals surface area (Å²) in [6, 6.07) is 14.8. The average Bonchev–Trinajstić information content (AvgIpc) is 3.38. The summed E-state index contributed by atoms with van der Waals surface area (Å²) in [7, 11) is 0. The van der Waals surface area contributed by atoms with Crippen LogP contribution in [0.1, 0.15) is 5.56 Å². The average molecular weight is 426 g/mol. The number of nitrogens with zero attached hydrogens (tertiary/aromatic N) is 4. The number of carbonyl (C=O) groups excluding carboxylic acids is 1. The van der Waals surface area contributed by atoms with Crippen LogP contribution in [0.15, 0.2) is 61.2 Å². The fourth-order valence-corrected chi connectivity index (χ4v) is 3.63. The highest BCUT2D eigenvalue weighted by Crippen LogP contribution is 2.33. The number of thiazole rings is 1. The van der Waals surface area contributed by atoms with E-state index in [4.69, 9.17) is 16.3 Å². The van der Waals surface area contributed by atoms with Crippen molar-refractivity contribution in [2.24, 2.45) is 0 Å². The molecule has 0 bridgehead atoms. The van der Waals surface area contributed by atoms with Crippen LogP contribution in [-0.4, -0.2) is 32.3 Å². The summed E-state index contributed by atoms with van der Waals surface area (Å²) >= 11 is 7.16. The van der Waals surface area contributed by atoms with Gasteiger partial charge in [-0.2, -0.15) is 5.10 Å². The van der Waals surface area contributed by atoms with Crippen LogP contribution < -0.4 is 10.1 Å². The van der Waals surface area contributed by atoms with Crippen molar-refractivity contribution < 1.29 is 9.53 Å². The number of benzene rings is 2. The number of rotatable bonds is 6. The number of carbonyl (C=O) groups is 1. The van der Waals surface area contributed by atoms with Crippen molar-refractivity contribution in [3.05, 3.63) is 71.8 Å². The number of hydrogen-bond donors (Lipinski definition) is 1. The first-order chi connectivity index (χ1) is 14.1. The van der Waals surface area contributed by atoms with Gasteiger partial charge in [0.15, 0.2) is 11.7 Å². The summed E-state index contributed by atoms with van der Waals surface area (Å²) in [5, 5.41) is 8.80. The highest BCUT2D eigenvalue weighted by Gasteiger charge is 2.17. The first-order valence-electron chi connectivity index (χ1n) is 8.69. The Balaban J connectivity index is 1.53. The van der Waals surface area contributed by atoms with Gasteiger partial charge in [0.05, 0.1) is 0 Å². The van der Waals surface area contributed by atoms with Gasteiger partial charge in [-0.15, -0.1) is 0 Å². The Morgan fingerprint density at radius 1 is 1.17 bits per heavy atom. The molecule has 29 heavy (non-hydrogen) atoms. The molecule has 0 radical (unpaired) electrons. The third kappa shape index (κ3) is 4.61. The van der Waals surface area contributed by atoms with Crippen LogP contribution in [0.5, 0.6) is 5.75 Å². The molecule has 2 heterocycles. The Kier molecular flexibility index (Phi) is 5.55. The largest absolute Gasteiger partial charge is 0.484 e. The van der Waals surface area contributed by atoms with E-state index in [0.29, 0.717) is 15.9 Å². The Bertz CT molecular complexity index is 1110. The van der Waals surface area contributed by atoms with Gasteiger partial charge in [-0.1, -0.05) is 52.8 Å². The van der Waals surface area contributed by atoms with E-state index < -0.39 is 0 Å². The van der Waals surface area contributed by atoms with Gasteiger partial charge in [-0.3, -0.25) is 10.1 Å². The van der Waals surface area contributed by atoms with Crippen molar-refractivity contribution in [3.8, 4) is 22.0 Å². The van der Waals surface area contributed by atoms with Crippen LogP contribution in [0.3, 0.4) is 0 Å². The minimum absolute atomic E-state index is 0.139. The molecule has 0 unspecified atom stereocenters. The molecule has 0 atom stereocenters. The molecule has 0 fully saturated rings. The molecule has 1 amide bonds. The molecular weight excluding hydrogens is 410 g/mol. The summed E-state index contributed by atoms with van der Waals surface area (Å²) in [6.07, 6.45) is 3.05. The Labute approximate surface area is 176 Å². The topological polar surface area (TPSA) is 81.9 Å². The summed E-state index contributed by atoms with van der Waals surface area (Å²) in [5.41, 5.74) is 2.80. The molecule has 9 heteroatoms. The Morgan fingerprint density at radius 2 is 1.93 bits per heavy atom. The van der Waals surface area contributed by atoms with Crippen LogP contribution in [0.4, 0.5) is 5.13 Å². The maximum atomic E-state index is 12.3. The molecule has 4 rings (SSSR count). The number of aromatic nitrogens is 4. The number of aryl methyl sites for hydroxylation is 1. The van der Waals surface area contributed by atoms with Gasteiger partial charge in [-0.05, 0) is 31.2 Å². The molecule has 0 aliphatic carbocycles. The number of hydrogen-bond acceptors (Lipinski definition) is 6. The van der Waals surface area contributed by atoms with Gasteiger partial charge in [0, 0.05) is 10.6 Å². The van der Waals surface area contributed by atoms with Gasteiger partial charge in [0.1, 0.15) is 29.1 Å². The fraction of sp³-hybridized carbons (Fsp3) is 0.100. The number of halogens is 1. The zero-order valence-electron chi connectivity index (χ0n) is 15.4. The molecule has 146 valence electrons. The second kappa shape index (κ2) is 8.42. The van der Waals surface area contributed by atoms with E-state index in [-0.39, 0.29) is 12.5 Å². The number of amides is 1. The number of nitrogens with one attached hydrogen (secondary N) is 1. The monoisotopic (exact) mass is 425 g/mol. The first-order valence-corrected chi connectivity index (χ1v) is 9.89. The molecule has 0 spiro atoms. The molecule has 4 aromatic rings. The van der Waals surface area contributed by atoms with E-state index in [0.717, 1.165) is 21.8 Å². The van der Waals surface area contributed by atoms with Crippen molar-refractivity contribution in [1.29, 1.82) is 0 Å². The van der Waals surface area contributed by atoms with E-state index in [1.807, 2.05) is 31.2 Å². The van der Waals surface area contributed by atoms with Crippen LogP contribution in [-0.2, 0) is 4.79 Å². The third-order valence-corrected chi connectivity index (χ3v) is 5.20. The highest BCUT2D eigenvalue weighted by atomic mass is 35.5. The predicted molar refractivity (Wildman–Crippen MR) is 113 cm³/mol. The van der Waals surface area contributed by atoms with Crippen molar-refractivity contribution in [3.63, 3.8) is 0 Å². The van der Waals surface area contributed by atoms with Crippen LogP contribution in [0.2, 0.25) is 5.02 Å². The van der Waals surface area contributed by atoms with E-state index in [2.05, 4.69) is 20.4 Å². The minimum atomic E-state index is -0.311. The Morgan fingerprint density at radius 3 is 2.62 bits per heavy atom. The quantitative estimate of drug-likeness (QED) is 0.496. The zero-order valence-corrected chi connectivity index (χ0v) is 16.9. The van der Waals surface area contributed by atoms with Gasteiger partial charge < -0.3 is 4.74 Å². The molecule has 0 saturated carbocycles. The molecule has 1 N–H and O–H groups in total. The molecule has 2 aromatic carbocycles.